The van der Waals surface area contributed by atoms with Gasteiger partial charge >= 0.3 is 6.09 Å². The van der Waals surface area contributed by atoms with Crippen LogP contribution >= 0.6 is 0 Å². The van der Waals surface area contributed by atoms with Crippen molar-refractivity contribution in [3.8, 4) is 0 Å². The summed E-state index contributed by atoms with van der Waals surface area (Å²) in [5.74, 6) is 3.23. The van der Waals surface area contributed by atoms with Crippen molar-refractivity contribution in [2.24, 2.45) is 23.7 Å². The molecule has 2 bridgehead atoms. The summed E-state index contributed by atoms with van der Waals surface area (Å²) in [5.41, 5.74) is 0.805. The summed E-state index contributed by atoms with van der Waals surface area (Å²) < 4.78 is 5.71. The maximum atomic E-state index is 12.0. The average molecular weight is 271 g/mol. The van der Waals surface area contributed by atoms with E-state index in [1.807, 2.05) is 30.3 Å². The molecule has 5 atom stereocenters. The molecule has 1 amide bonds. The molecule has 0 aromatic heterocycles. The molecule has 3 saturated carbocycles. The first-order valence-electron chi connectivity index (χ1n) is 7.84. The van der Waals surface area contributed by atoms with Gasteiger partial charge in [-0.25, -0.2) is 4.79 Å². The van der Waals surface area contributed by atoms with Crippen LogP contribution in [0.1, 0.15) is 32.1 Å². The Morgan fingerprint density at radius 3 is 2.70 bits per heavy atom. The van der Waals surface area contributed by atoms with Gasteiger partial charge in [-0.3, -0.25) is 5.32 Å². The molecule has 1 aromatic carbocycles. The maximum Gasteiger partial charge on any atom is 0.411 e. The Morgan fingerprint density at radius 2 is 1.85 bits per heavy atom. The molecule has 0 radical (unpaired) electrons. The van der Waals surface area contributed by atoms with Crippen LogP contribution in [0.15, 0.2) is 30.3 Å². The highest BCUT2D eigenvalue weighted by molar-refractivity contribution is 5.84. The zero-order valence-electron chi connectivity index (χ0n) is 11.6. The second-order valence-corrected chi connectivity index (χ2v) is 6.59. The van der Waals surface area contributed by atoms with Crippen molar-refractivity contribution in [2.45, 2.75) is 38.2 Å². The Morgan fingerprint density at radius 1 is 1.05 bits per heavy atom. The summed E-state index contributed by atoms with van der Waals surface area (Å²) in [6.45, 7) is 0. The number of benzene rings is 1. The lowest BCUT2D eigenvalue weighted by Gasteiger charge is -2.31. The number of ether oxygens (including phenoxy) is 1. The number of carbonyl (C=O) groups excluding carboxylic acids is 1. The number of rotatable bonds is 2. The molecule has 0 saturated heterocycles. The lowest BCUT2D eigenvalue weighted by atomic mass is 9.80. The Hall–Kier alpha value is -1.51. The number of fused-ring (bicyclic) bond motifs is 5. The minimum absolute atomic E-state index is 0.156. The molecule has 0 heterocycles. The van der Waals surface area contributed by atoms with Gasteiger partial charge in [0, 0.05) is 5.69 Å². The molecule has 1 N–H and O–H groups in total. The number of para-hydroxylation sites is 1. The van der Waals surface area contributed by atoms with E-state index in [-0.39, 0.29) is 12.2 Å². The quantitative estimate of drug-likeness (QED) is 0.881. The Bertz CT molecular complexity index is 501. The summed E-state index contributed by atoms with van der Waals surface area (Å²) in [7, 11) is 0. The number of anilines is 1. The van der Waals surface area contributed by atoms with Crippen LogP contribution in [-0.4, -0.2) is 12.2 Å². The van der Waals surface area contributed by atoms with E-state index in [1.165, 1.54) is 25.7 Å². The van der Waals surface area contributed by atoms with E-state index < -0.39 is 0 Å². The van der Waals surface area contributed by atoms with Crippen LogP contribution in [0.5, 0.6) is 0 Å². The van der Waals surface area contributed by atoms with E-state index in [1.54, 1.807) is 0 Å². The van der Waals surface area contributed by atoms with Gasteiger partial charge in [-0.2, -0.15) is 0 Å². The Balaban J connectivity index is 1.37. The fraction of sp³-hybridized carbons (Fsp3) is 0.588. The van der Waals surface area contributed by atoms with Crippen molar-refractivity contribution in [2.75, 3.05) is 5.32 Å². The predicted molar refractivity (Wildman–Crippen MR) is 77.4 cm³/mol. The van der Waals surface area contributed by atoms with Crippen molar-refractivity contribution in [1.29, 1.82) is 0 Å². The third kappa shape index (κ3) is 2.00. The molecule has 0 aliphatic heterocycles. The van der Waals surface area contributed by atoms with E-state index in [4.69, 9.17) is 4.74 Å². The van der Waals surface area contributed by atoms with Crippen LogP contribution in [0.2, 0.25) is 0 Å². The van der Waals surface area contributed by atoms with Gasteiger partial charge in [0.05, 0.1) is 0 Å². The summed E-state index contributed by atoms with van der Waals surface area (Å²) >= 11 is 0. The van der Waals surface area contributed by atoms with Gasteiger partial charge in [0.1, 0.15) is 6.10 Å². The maximum absolute atomic E-state index is 12.0. The normalized spacial score (nSPS) is 37.7. The smallest absolute Gasteiger partial charge is 0.411 e. The third-order valence-electron chi connectivity index (χ3n) is 5.65. The van der Waals surface area contributed by atoms with Crippen LogP contribution in [-0.2, 0) is 4.74 Å². The summed E-state index contributed by atoms with van der Waals surface area (Å²) in [5, 5.41) is 2.83. The molecule has 106 valence electrons. The van der Waals surface area contributed by atoms with Gasteiger partial charge in [-0.1, -0.05) is 24.6 Å². The zero-order valence-corrected chi connectivity index (χ0v) is 11.6. The zero-order chi connectivity index (χ0) is 13.5. The molecule has 20 heavy (non-hydrogen) atoms. The van der Waals surface area contributed by atoms with E-state index in [2.05, 4.69) is 5.32 Å². The second-order valence-electron chi connectivity index (χ2n) is 6.59. The van der Waals surface area contributed by atoms with Crippen LogP contribution in [0.25, 0.3) is 0 Å². The minimum atomic E-state index is -0.289. The van der Waals surface area contributed by atoms with Gasteiger partial charge in [0.15, 0.2) is 0 Å². The molecule has 3 fully saturated rings. The van der Waals surface area contributed by atoms with E-state index in [0.29, 0.717) is 5.92 Å². The van der Waals surface area contributed by atoms with Gasteiger partial charge < -0.3 is 4.74 Å². The fourth-order valence-electron chi connectivity index (χ4n) is 4.95. The average Bonchev–Trinajstić information content (AvgIpc) is 3.11. The molecule has 3 heteroatoms. The van der Waals surface area contributed by atoms with Crippen LogP contribution in [0, 0.1) is 23.7 Å². The first-order chi connectivity index (χ1) is 9.81. The monoisotopic (exact) mass is 271 g/mol. The molecule has 0 unspecified atom stereocenters. The van der Waals surface area contributed by atoms with Crippen LogP contribution in [0.3, 0.4) is 0 Å². The second kappa shape index (κ2) is 4.80. The molecule has 3 aliphatic rings. The highest BCUT2D eigenvalue weighted by Crippen LogP contribution is 2.59. The number of hydrogen-bond donors (Lipinski definition) is 1. The van der Waals surface area contributed by atoms with E-state index in [9.17, 15) is 4.79 Å². The van der Waals surface area contributed by atoms with Crippen LogP contribution < -0.4 is 5.32 Å². The molecular formula is C17H21NO2. The van der Waals surface area contributed by atoms with Crippen molar-refractivity contribution in [3.63, 3.8) is 0 Å². The SMILES string of the molecule is O=C(Nc1ccccc1)O[C@H]1C[C@@H]2C[C@H]1[C@@H]1CCC[C@H]21. The fourth-order valence-corrected chi connectivity index (χ4v) is 4.95. The van der Waals surface area contributed by atoms with Gasteiger partial charge in [0.25, 0.3) is 0 Å². The minimum Gasteiger partial charge on any atom is -0.446 e. The lowest BCUT2D eigenvalue weighted by Crippen LogP contribution is -2.33. The summed E-state index contributed by atoms with van der Waals surface area (Å²) in [6.07, 6.45) is 6.39. The topological polar surface area (TPSA) is 38.3 Å². The van der Waals surface area contributed by atoms with Crippen LogP contribution in [0.4, 0.5) is 10.5 Å². The molecule has 0 spiro atoms. The van der Waals surface area contributed by atoms with Crippen molar-refractivity contribution in [1.82, 2.24) is 0 Å². The highest BCUT2D eigenvalue weighted by Gasteiger charge is 2.55. The predicted octanol–water partition coefficient (Wildman–Crippen LogP) is 4.06. The number of carbonyl (C=O) groups is 1. The molecule has 3 nitrogen and oxygen atoms in total. The molecule has 3 aliphatic carbocycles. The van der Waals surface area contributed by atoms with Gasteiger partial charge in [-0.15, -0.1) is 0 Å². The number of nitrogens with one attached hydrogen (secondary N) is 1. The van der Waals surface area contributed by atoms with Crippen molar-refractivity contribution >= 4 is 11.8 Å². The molecular weight excluding hydrogens is 250 g/mol. The van der Waals surface area contributed by atoms with Crippen molar-refractivity contribution < 1.29 is 9.53 Å². The van der Waals surface area contributed by atoms with Gasteiger partial charge in [0.2, 0.25) is 0 Å². The first kappa shape index (κ1) is 12.2. The number of amides is 1. The highest BCUT2D eigenvalue weighted by atomic mass is 16.6. The summed E-state index contributed by atoms with van der Waals surface area (Å²) in [6, 6.07) is 9.53. The molecule has 4 rings (SSSR count). The van der Waals surface area contributed by atoms with Crippen molar-refractivity contribution in [3.05, 3.63) is 30.3 Å². The molecule has 1 aromatic rings. The Labute approximate surface area is 119 Å². The third-order valence-corrected chi connectivity index (χ3v) is 5.65. The number of hydrogen-bond acceptors (Lipinski definition) is 2. The van der Waals surface area contributed by atoms with Gasteiger partial charge in [-0.05, 0) is 61.5 Å². The van der Waals surface area contributed by atoms with E-state index >= 15 is 0 Å². The largest absolute Gasteiger partial charge is 0.446 e. The van der Waals surface area contributed by atoms with E-state index in [0.717, 1.165) is 29.9 Å². The first-order valence-corrected chi connectivity index (χ1v) is 7.84. The standard InChI is InChI=1S/C17H21NO2/c19-17(18-12-5-2-1-3-6-12)20-16-10-11-9-15(16)14-8-4-7-13(11)14/h1-3,5-6,11,13-16H,4,7-10H2,(H,18,19)/t11-,13+,14+,15-,16-/m0/s1. The summed E-state index contributed by atoms with van der Waals surface area (Å²) in [4.78, 5) is 12.0. The lowest BCUT2D eigenvalue weighted by molar-refractivity contribution is 0.0431. The Kier molecular flexibility index (Phi) is 2.94.